The SMILES string of the molecule is Cc1c(C(=O)[O-])ccc2ccccc12.Cc1c(C(=O)[O-])ccc2ccccc12.[Hg+2]. The largest absolute Gasteiger partial charge is 2.00 e. The minimum atomic E-state index is -1.12. The molecule has 4 rings (SSSR count). The Hall–Kier alpha value is -2.72. The van der Waals surface area contributed by atoms with Crippen molar-refractivity contribution in [2.24, 2.45) is 0 Å². The Bertz CT molecular complexity index is 1100. The van der Waals surface area contributed by atoms with Crippen LogP contribution < -0.4 is 10.2 Å². The average molecular weight is 571 g/mol. The summed E-state index contributed by atoms with van der Waals surface area (Å²) in [5, 5.41) is 25.5. The summed E-state index contributed by atoms with van der Waals surface area (Å²) in [6.07, 6.45) is 0. The van der Waals surface area contributed by atoms with Gasteiger partial charge in [0, 0.05) is 11.1 Å². The number of benzene rings is 4. The van der Waals surface area contributed by atoms with Crippen LogP contribution in [-0.2, 0) is 27.7 Å². The molecule has 29 heavy (non-hydrogen) atoms. The smallest absolute Gasteiger partial charge is 0.545 e. The molecule has 0 fully saturated rings. The number of hydrogen-bond donors (Lipinski definition) is 0. The number of hydrogen-bond acceptors (Lipinski definition) is 4. The molecule has 0 radical (unpaired) electrons. The summed E-state index contributed by atoms with van der Waals surface area (Å²) < 4.78 is 0. The van der Waals surface area contributed by atoms with E-state index >= 15 is 0 Å². The fourth-order valence-corrected chi connectivity index (χ4v) is 3.30. The maximum Gasteiger partial charge on any atom is 2.00 e. The van der Waals surface area contributed by atoms with Gasteiger partial charge in [0.2, 0.25) is 0 Å². The molecule has 0 unspecified atom stereocenters. The van der Waals surface area contributed by atoms with E-state index in [9.17, 15) is 19.8 Å². The quantitative estimate of drug-likeness (QED) is 0.347. The molecule has 0 bridgehead atoms. The maximum absolute atomic E-state index is 10.8. The van der Waals surface area contributed by atoms with Crippen LogP contribution in [-0.4, -0.2) is 11.9 Å². The summed E-state index contributed by atoms with van der Waals surface area (Å²) in [4.78, 5) is 21.5. The van der Waals surface area contributed by atoms with Crippen LogP contribution in [0, 0.1) is 13.8 Å². The van der Waals surface area contributed by atoms with Gasteiger partial charge in [-0.2, -0.15) is 0 Å². The van der Waals surface area contributed by atoms with Crippen LogP contribution in [0.4, 0.5) is 0 Å². The zero-order chi connectivity index (χ0) is 20.3. The monoisotopic (exact) mass is 572 g/mol. The van der Waals surface area contributed by atoms with Crippen LogP contribution in [0.5, 0.6) is 0 Å². The summed E-state index contributed by atoms with van der Waals surface area (Å²) >= 11 is 0. The summed E-state index contributed by atoms with van der Waals surface area (Å²) in [6, 6.07) is 22.2. The number of aromatic carboxylic acids is 2. The molecule has 0 atom stereocenters. The van der Waals surface area contributed by atoms with Gasteiger partial charge in [-0.15, -0.1) is 0 Å². The zero-order valence-electron chi connectivity index (χ0n) is 16.3. The molecule has 0 saturated carbocycles. The molecule has 140 valence electrons. The molecule has 0 heterocycles. The van der Waals surface area contributed by atoms with E-state index in [-0.39, 0.29) is 38.8 Å². The molecular formula is C24H18HgO4. The van der Waals surface area contributed by atoms with Crippen LogP contribution in [0.3, 0.4) is 0 Å². The fourth-order valence-electron chi connectivity index (χ4n) is 3.30. The Kier molecular flexibility index (Phi) is 7.51. The number of carboxylic acids is 2. The number of carbonyl (C=O) groups excluding carboxylic acids is 2. The van der Waals surface area contributed by atoms with Gasteiger partial charge in [0.05, 0.1) is 11.9 Å². The molecule has 4 nitrogen and oxygen atoms in total. The molecule has 0 aliphatic heterocycles. The normalized spacial score (nSPS) is 10.0. The molecule has 5 heteroatoms. The Labute approximate surface area is 189 Å². The average Bonchev–Trinajstić information content (AvgIpc) is 2.69. The third-order valence-corrected chi connectivity index (χ3v) is 4.84. The first-order valence-corrected chi connectivity index (χ1v) is 8.79. The van der Waals surface area contributed by atoms with Crippen LogP contribution >= 0.6 is 0 Å². The van der Waals surface area contributed by atoms with Crippen molar-refractivity contribution in [2.75, 3.05) is 0 Å². The van der Waals surface area contributed by atoms with Crippen molar-refractivity contribution >= 4 is 33.5 Å². The molecule has 4 aromatic rings. The fraction of sp³-hybridized carbons (Fsp3) is 0.0833. The Morgan fingerprint density at radius 2 is 0.931 bits per heavy atom. The molecule has 0 aliphatic carbocycles. The van der Waals surface area contributed by atoms with Gasteiger partial charge in [-0.05, 0) is 46.5 Å². The van der Waals surface area contributed by atoms with E-state index in [1.54, 1.807) is 38.1 Å². The van der Waals surface area contributed by atoms with E-state index in [4.69, 9.17) is 0 Å². The van der Waals surface area contributed by atoms with Gasteiger partial charge in [0.25, 0.3) is 0 Å². The molecule has 0 aromatic heterocycles. The van der Waals surface area contributed by atoms with E-state index in [0.717, 1.165) is 32.7 Å². The third kappa shape index (κ3) is 4.82. The predicted octanol–water partition coefficient (Wildman–Crippen LogP) is 3.02. The summed E-state index contributed by atoms with van der Waals surface area (Å²) in [6.45, 7) is 3.60. The first kappa shape index (κ1) is 22.6. The van der Waals surface area contributed by atoms with Gasteiger partial charge >= 0.3 is 27.7 Å². The van der Waals surface area contributed by atoms with E-state index in [1.807, 2.05) is 48.5 Å². The summed E-state index contributed by atoms with van der Waals surface area (Å²) in [5.74, 6) is -2.23. The van der Waals surface area contributed by atoms with Crippen molar-refractivity contribution in [3.05, 3.63) is 95.1 Å². The maximum atomic E-state index is 10.8. The number of aryl methyl sites for hydroxylation is 2. The second kappa shape index (κ2) is 9.66. The molecule has 0 saturated heterocycles. The number of rotatable bonds is 2. The van der Waals surface area contributed by atoms with Gasteiger partial charge < -0.3 is 19.8 Å². The van der Waals surface area contributed by atoms with Crippen molar-refractivity contribution in [3.63, 3.8) is 0 Å². The number of fused-ring (bicyclic) bond motifs is 2. The minimum Gasteiger partial charge on any atom is -0.545 e. The second-order valence-electron chi connectivity index (χ2n) is 6.49. The minimum absolute atomic E-state index is 0. The van der Waals surface area contributed by atoms with Gasteiger partial charge in [-0.3, -0.25) is 0 Å². The third-order valence-electron chi connectivity index (χ3n) is 4.84. The van der Waals surface area contributed by atoms with Crippen molar-refractivity contribution in [3.8, 4) is 0 Å². The molecule has 4 aromatic carbocycles. The molecular weight excluding hydrogens is 553 g/mol. The Morgan fingerprint density at radius 3 is 1.28 bits per heavy atom. The first-order chi connectivity index (χ1) is 13.4. The van der Waals surface area contributed by atoms with Crippen molar-refractivity contribution < 1.29 is 47.5 Å². The van der Waals surface area contributed by atoms with Gasteiger partial charge in [0.15, 0.2) is 0 Å². The topological polar surface area (TPSA) is 80.3 Å². The van der Waals surface area contributed by atoms with E-state index in [0.29, 0.717) is 0 Å². The van der Waals surface area contributed by atoms with E-state index in [1.165, 1.54) is 0 Å². The number of carbonyl (C=O) groups is 2. The summed E-state index contributed by atoms with van der Waals surface area (Å²) in [7, 11) is 0. The van der Waals surface area contributed by atoms with E-state index < -0.39 is 11.9 Å². The molecule has 0 aliphatic rings. The van der Waals surface area contributed by atoms with Crippen LogP contribution in [0.25, 0.3) is 21.5 Å². The molecule has 0 N–H and O–H groups in total. The standard InChI is InChI=1S/2C12H10O2.Hg/c2*1-8-10-5-3-2-4-9(10)6-7-11(8)12(13)14;/h2*2-7H,1H3,(H,13,14);/q;;+2/p-2. The van der Waals surface area contributed by atoms with E-state index in [2.05, 4.69) is 0 Å². The van der Waals surface area contributed by atoms with Gasteiger partial charge in [-0.1, -0.05) is 72.8 Å². The predicted molar refractivity (Wildman–Crippen MR) is 106 cm³/mol. The van der Waals surface area contributed by atoms with Crippen molar-refractivity contribution in [1.82, 2.24) is 0 Å². The van der Waals surface area contributed by atoms with Gasteiger partial charge in [0.1, 0.15) is 0 Å². The van der Waals surface area contributed by atoms with Crippen LogP contribution in [0.2, 0.25) is 0 Å². The molecule has 0 amide bonds. The van der Waals surface area contributed by atoms with Crippen molar-refractivity contribution in [1.29, 1.82) is 0 Å². The number of carboxylic acid groups (broad SMARTS) is 2. The Morgan fingerprint density at radius 1 is 0.586 bits per heavy atom. The second-order valence-corrected chi connectivity index (χ2v) is 6.49. The van der Waals surface area contributed by atoms with Gasteiger partial charge in [-0.25, -0.2) is 0 Å². The summed E-state index contributed by atoms with van der Waals surface area (Å²) in [5.41, 5.74) is 2.07. The van der Waals surface area contributed by atoms with Crippen molar-refractivity contribution in [2.45, 2.75) is 13.8 Å². The molecule has 0 spiro atoms. The Balaban J connectivity index is 0.000000200. The zero-order valence-corrected chi connectivity index (χ0v) is 21.8. The van der Waals surface area contributed by atoms with Crippen LogP contribution in [0.15, 0.2) is 72.8 Å². The van der Waals surface area contributed by atoms with Crippen LogP contribution in [0.1, 0.15) is 31.8 Å². The first-order valence-electron chi connectivity index (χ1n) is 8.79.